The number of ether oxygens (including phenoxy) is 2. The van der Waals surface area contributed by atoms with E-state index < -0.39 is 0 Å². The Morgan fingerprint density at radius 2 is 2.19 bits per heavy atom. The van der Waals surface area contributed by atoms with Gasteiger partial charge in [-0.15, -0.1) is 0 Å². The van der Waals surface area contributed by atoms with Gasteiger partial charge in [0.1, 0.15) is 11.9 Å². The van der Waals surface area contributed by atoms with Crippen LogP contribution in [0.25, 0.3) is 0 Å². The van der Waals surface area contributed by atoms with Gasteiger partial charge in [0, 0.05) is 12.8 Å². The van der Waals surface area contributed by atoms with Gasteiger partial charge in [-0.1, -0.05) is 0 Å². The maximum atomic E-state index is 11.5. The Balaban J connectivity index is 2.10. The van der Waals surface area contributed by atoms with Crippen LogP contribution >= 0.6 is 0 Å². The molecular formula is C11H13NO4. The number of anilines is 1. The van der Waals surface area contributed by atoms with Gasteiger partial charge in [-0.05, 0) is 24.3 Å². The molecular weight excluding hydrogens is 210 g/mol. The Bertz CT molecular complexity index is 376. The molecule has 0 spiro atoms. The average molecular weight is 223 g/mol. The number of methoxy groups -OCH3 is 1. The van der Waals surface area contributed by atoms with E-state index >= 15 is 0 Å². The highest BCUT2D eigenvalue weighted by atomic mass is 16.6. The second-order valence-electron chi connectivity index (χ2n) is 3.59. The van der Waals surface area contributed by atoms with Crippen molar-refractivity contribution in [2.24, 2.45) is 0 Å². The van der Waals surface area contributed by atoms with Gasteiger partial charge in [0.05, 0.1) is 13.2 Å². The first kappa shape index (κ1) is 10.8. The molecule has 0 bridgehead atoms. The molecule has 1 fully saturated rings. The lowest BCUT2D eigenvalue weighted by atomic mass is 10.2. The number of phenols is 1. The Hall–Kier alpha value is -1.75. The Morgan fingerprint density at radius 3 is 2.81 bits per heavy atom. The zero-order valence-corrected chi connectivity index (χ0v) is 8.92. The van der Waals surface area contributed by atoms with Gasteiger partial charge >= 0.3 is 6.09 Å². The van der Waals surface area contributed by atoms with Crippen LogP contribution in [0.2, 0.25) is 0 Å². The zero-order chi connectivity index (χ0) is 11.5. The standard InChI is InChI=1S/C11H13NO4/c1-15-7-10-6-12(11(14)16-10)8-2-4-9(13)5-3-8/h2-5,10,13H,6-7H2,1H3/t10-/m0/s1. The summed E-state index contributed by atoms with van der Waals surface area (Å²) >= 11 is 0. The molecule has 0 aliphatic carbocycles. The molecule has 1 aromatic carbocycles. The molecule has 5 heteroatoms. The van der Waals surface area contributed by atoms with Gasteiger partial charge in [0.2, 0.25) is 0 Å². The third-order valence-electron chi connectivity index (χ3n) is 2.39. The number of carbonyl (C=O) groups is 1. The van der Waals surface area contributed by atoms with Crippen molar-refractivity contribution >= 4 is 11.8 Å². The molecule has 1 aliphatic rings. The van der Waals surface area contributed by atoms with Gasteiger partial charge in [-0.2, -0.15) is 0 Å². The van der Waals surface area contributed by atoms with E-state index in [1.165, 1.54) is 17.0 Å². The van der Waals surface area contributed by atoms with Crippen LogP contribution in [-0.4, -0.2) is 37.6 Å². The molecule has 1 aromatic rings. The lowest BCUT2D eigenvalue weighted by molar-refractivity contribution is 0.0718. The normalized spacial score (nSPS) is 19.9. The molecule has 5 nitrogen and oxygen atoms in total. The molecule has 1 atom stereocenters. The van der Waals surface area contributed by atoms with Gasteiger partial charge in [-0.25, -0.2) is 4.79 Å². The van der Waals surface area contributed by atoms with Crippen molar-refractivity contribution in [3.63, 3.8) is 0 Å². The summed E-state index contributed by atoms with van der Waals surface area (Å²) in [7, 11) is 1.57. The predicted molar refractivity (Wildman–Crippen MR) is 57.6 cm³/mol. The zero-order valence-electron chi connectivity index (χ0n) is 8.92. The van der Waals surface area contributed by atoms with Crippen molar-refractivity contribution in [2.45, 2.75) is 6.10 Å². The fourth-order valence-electron chi connectivity index (χ4n) is 1.64. The van der Waals surface area contributed by atoms with Crippen LogP contribution in [0.4, 0.5) is 10.5 Å². The number of cyclic esters (lactones) is 1. The SMILES string of the molecule is COC[C@@H]1CN(c2ccc(O)cc2)C(=O)O1. The number of nitrogens with zero attached hydrogens (tertiary/aromatic N) is 1. The maximum Gasteiger partial charge on any atom is 0.414 e. The van der Waals surface area contributed by atoms with E-state index in [1.807, 2.05) is 0 Å². The van der Waals surface area contributed by atoms with Gasteiger partial charge in [0.15, 0.2) is 0 Å². The predicted octanol–water partition coefficient (Wildman–Crippen LogP) is 1.36. The van der Waals surface area contributed by atoms with Gasteiger partial charge < -0.3 is 14.6 Å². The quantitative estimate of drug-likeness (QED) is 0.840. The largest absolute Gasteiger partial charge is 0.508 e. The van der Waals surface area contributed by atoms with E-state index in [-0.39, 0.29) is 17.9 Å². The second-order valence-corrected chi connectivity index (χ2v) is 3.59. The topological polar surface area (TPSA) is 59.0 Å². The molecule has 1 heterocycles. The molecule has 16 heavy (non-hydrogen) atoms. The van der Waals surface area contributed by atoms with Gasteiger partial charge in [0.25, 0.3) is 0 Å². The molecule has 0 radical (unpaired) electrons. The number of phenolic OH excluding ortho intramolecular Hbond substituents is 1. The van der Waals surface area contributed by atoms with Crippen molar-refractivity contribution in [3.05, 3.63) is 24.3 Å². The second kappa shape index (κ2) is 4.40. The highest BCUT2D eigenvalue weighted by Gasteiger charge is 2.32. The number of benzene rings is 1. The summed E-state index contributed by atoms with van der Waals surface area (Å²) in [5.74, 6) is 0.171. The molecule has 2 rings (SSSR count). The summed E-state index contributed by atoms with van der Waals surface area (Å²) in [5, 5.41) is 9.15. The van der Waals surface area contributed by atoms with Crippen molar-refractivity contribution in [2.75, 3.05) is 25.2 Å². The third-order valence-corrected chi connectivity index (χ3v) is 2.39. The van der Waals surface area contributed by atoms with E-state index in [2.05, 4.69) is 0 Å². The molecule has 1 N–H and O–H groups in total. The smallest absolute Gasteiger partial charge is 0.414 e. The van der Waals surface area contributed by atoms with Crippen molar-refractivity contribution in [1.82, 2.24) is 0 Å². The van der Waals surface area contributed by atoms with Gasteiger partial charge in [-0.3, -0.25) is 4.90 Å². The lowest BCUT2D eigenvalue weighted by Gasteiger charge is -2.12. The summed E-state index contributed by atoms with van der Waals surface area (Å²) in [4.78, 5) is 13.0. The highest BCUT2D eigenvalue weighted by molar-refractivity contribution is 5.89. The van der Waals surface area contributed by atoms with Crippen LogP contribution in [0.3, 0.4) is 0 Å². The number of hydrogen-bond donors (Lipinski definition) is 1. The molecule has 86 valence electrons. The minimum absolute atomic E-state index is 0.171. The number of hydrogen-bond acceptors (Lipinski definition) is 4. The third kappa shape index (κ3) is 2.09. The Kier molecular flexibility index (Phi) is 2.96. The maximum absolute atomic E-state index is 11.5. The molecule has 1 aliphatic heterocycles. The van der Waals surface area contributed by atoms with Crippen LogP contribution in [0.5, 0.6) is 5.75 Å². The fourth-order valence-corrected chi connectivity index (χ4v) is 1.64. The minimum atomic E-state index is -0.382. The summed E-state index contributed by atoms with van der Waals surface area (Å²) in [5.41, 5.74) is 0.710. The molecule has 0 unspecified atom stereocenters. The molecule has 0 saturated carbocycles. The number of rotatable bonds is 3. The number of aromatic hydroxyl groups is 1. The summed E-state index contributed by atoms with van der Waals surface area (Å²) < 4.78 is 10.0. The van der Waals surface area contributed by atoms with Crippen LogP contribution in [-0.2, 0) is 9.47 Å². The fraction of sp³-hybridized carbons (Fsp3) is 0.364. The molecule has 0 aromatic heterocycles. The van der Waals surface area contributed by atoms with E-state index in [9.17, 15) is 4.79 Å². The summed E-state index contributed by atoms with van der Waals surface area (Å²) in [6.07, 6.45) is -0.612. The van der Waals surface area contributed by atoms with E-state index in [0.29, 0.717) is 18.8 Å². The molecule has 1 saturated heterocycles. The highest BCUT2D eigenvalue weighted by Crippen LogP contribution is 2.23. The van der Waals surface area contributed by atoms with E-state index in [0.717, 1.165) is 0 Å². The summed E-state index contributed by atoms with van der Waals surface area (Å²) in [6.45, 7) is 0.859. The summed E-state index contributed by atoms with van der Waals surface area (Å²) in [6, 6.07) is 6.41. The van der Waals surface area contributed by atoms with Crippen molar-refractivity contribution < 1.29 is 19.4 Å². The number of carbonyl (C=O) groups excluding carboxylic acids is 1. The van der Waals surface area contributed by atoms with E-state index in [1.54, 1.807) is 19.2 Å². The Morgan fingerprint density at radius 1 is 1.50 bits per heavy atom. The first-order valence-corrected chi connectivity index (χ1v) is 4.97. The first-order chi connectivity index (χ1) is 7.70. The first-order valence-electron chi connectivity index (χ1n) is 4.97. The van der Waals surface area contributed by atoms with Crippen molar-refractivity contribution in [1.29, 1.82) is 0 Å². The minimum Gasteiger partial charge on any atom is -0.508 e. The van der Waals surface area contributed by atoms with Crippen molar-refractivity contribution in [3.8, 4) is 5.75 Å². The molecule has 1 amide bonds. The van der Waals surface area contributed by atoms with Crippen LogP contribution in [0, 0.1) is 0 Å². The number of amides is 1. The lowest BCUT2D eigenvalue weighted by Crippen LogP contribution is -2.25. The average Bonchev–Trinajstić information content (AvgIpc) is 2.61. The van der Waals surface area contributed by atoms with Crippen LogP contribution in [0.15, 0.2) is 24.3 Å². The monoisotopic (exact) mass is 223 g/mol. The Labute approximate surface area is 93.2 Å². The van der Waals surface area contributed by atoms with E-state index in [4.69, 9.17) is 14.6 Å². The van der Waals surface area contributed by atoms with Crippen LogP contribution < -0.4 is 4.90 Å². The van der Waals surface area contributed by atoms with Crippen LogP contribution in [0.1, 0.15) is 0 Å².